The van der Waals surface area contributed by atoms with Gasteiger partial charge in [0.25, 0.3) is 0 Å². The van der Waals surface area contributed by atoms with E-state index in [9.17, 15) is 4.79 Å². The Bertz CT molecular complexity index is 1460. The molecule has 7 heteroatoms. The first-order valence-electron chi connectivity index (χ1n) is 10.2. The smallest absolute Gasteiger partial charge is 0.234 e. The third-order valence-electron chi connectivity index (χ3n) is 5.25. The van der Waals surface area contributed by atoms with Gasteiger partial charge in [0.2, 0.25) is 6.41 Å². The Labute approximate surface area is 195 Å². The first-order valence-corrected chi connectivity index (χ1v) is 10.5. The lowest BCUT2D eigenvalue weighted by Gasteiger charge is -2.13. The van der Waals surface area contributed by atoms with Crippen LogP contribution in [0.4, 0.5) is 0 Å². The maximum Gasteiger partial charge on any atom is 0.234 e. The molecule has 0 radical (unpaired) electrons. The van der Waals surface area contributed by atoms with Crippen molar-refractivity contribution in [1.29, 1.82) is 0 Å². The van der Waals surface area contributed by atoms with Crippen molar-refractivity contribution in [2.24, 2.45) is 0 Å². The number of aromatic nitrogens is 3. The molecule has 0 amide bonds. The Morgan fingerprint density at radius 2 is 1.73 bits per heavy atom. The summed E-state index contributed by atoms with van der Waals surface area (Å²) in [7, 11) is 1.57. The first kappa shape index (κ1) is 20.7. The maximum atomic E-state index is 11.7. The molecule has 0 N–H and O–H groups in total. The summed E-state index contributed by atoms with van der Waals surface area (Å²) < 4.78 is 13.1. The number of nitrogens with zero attached hydrogens (tertiary/aromatic N) is 3. The van der Waals surface area contributed by atoms with Crippen molar-refractivity contribution in [3.8, 4) is 39.8 Å². The summed E-state index contributed by atoms with van der Waals surface area (Å²) in [6.07, 6.45) is 2.36. The van der Waals surface area contributed by atoms with Crippen LogP contribution in [0.25, 0.3) is 33.4 Å². The van der Waals surface area contributed by atoms with Crippen LogP contribution in [0.2, 0.25) is 5.02 Å². The van der Waals surface area contributed by atoms with Crippen molar-refractivity contribution in [1.82, 2.24) is 14.8 Å². The van der Waals surface area contributed by atoms with Crippen molar-refractivity contribution >= 4 is 28.9 Å². The van der Waals surface area contributed by atoms with E-state index in [0.717, 1.165) is 22.0 Å². The van der Waals surface area contributed by atoms with Crippen molar-refractivity contribution in [2.75, 3.05) is 7.11 Å². The maximum absolute atomic E-state index is 11.7. The lowest BCUT2D eigenvalue weighted by molar-refractivity contribution is 0.380. The van der Waals surface area contributed by atoms with E-state index in [2.05, 4.69) is 10.1 Å². The molecule has 0 unspecified atom stereocenters. The second kappa shape index (κ2) is 8.76. The molecule has 5 aromatic rings. The number of fused-ring (bicyclic) bond motifs is 1. The van der Waals surface area contributed by atoms with Gasteiger partial charge in [0, 0.05) is 27.7 Å². The second-order valence-corrected chi connectivity index (χ2v) is 7.71. The molecule has 0 saturated carbocycles. The molecule has 2 heterocycles. The van der Waals surface area contributed by atoms with Gasteiger partial charge in [-0.15, -0.1) is 0 Å². The number of carbonyl (C=O) groups is 1. The number of hydrogen-bond donors (Lipinski definition) is 0. The summed E-state index contributed by atoms with van der Waals surface area (Å²) in [6.45, 7) is 0. The molecular weight excluding hydrogens is 438 g/mol. The Kier molecular flexibility index (Phi) is 5.50. The number of methoxy groups -OCH3 is 1. The zero-order chi connectivity index (χ0) is 22.8. The normalized spacial score (nSPS) is 10.8. The fourth-order valence-electron chi connectivity index (χ4n) is 3.65. The first-order chi connectivity index (χ1) is 16.2. The fraction of sp³-hybridized carbons (Fsp3) is 0.0385. The third kappa shape index (κ3) is 4.04. The van der Waals surface area contributed by atoms with Gasteiger partial charge < -0.3 is 9.47 Å². The van der Waals surface area contributed by atoms with Gasteiger partial charge in [-0.2, -0.15) is 5.10 Å². The van der Waals surface area contributed by atoms with Crippen LogP contribution < -0.4 is 9.47 Å². The highest BCUT2D eigenvalue weighted by molar-refractivity contribution is 6.31. The minimum atomic E-state index is 0.520. The Balaban J connectivity index is 1.52. The number of carbonyl (C=O) groups excluding carboxylic acids is 1. The summed E-state index contributed by atoms with van der Waals surface area (Å²) in [5.74, 6) is 1.68. The molecule has 0 atom stereocenters. The predicted octanol–water partition coefficient (Wildman–Crippen LogP) is 6.26. The van der Waals surface area contributed by atoms with Crippen molar-refractivity contribution in [2.45, 2.75) is 0 Å². The molecule has 3 aromatic carbocycles. The molecule has 0 aliphatic carbocycles. The van der Waals surface area contributed by atoms with Gasteiger partial charge in [-0.05, 0) is 48.5 Å². The summed E-state index contributed by atoms with van der Waals surface area (Å²) >= 11 is 6.09. The molecule has 0 fully saturated rings. The monoisotopic (exact) mass is 455 g/mol. The van der Waals surface area contributed by atoms with Gasteiger partial charge in [0.1, 0.15) is 5.75 Å². The van der Waals surface area contributed by atoms with Crippen LogP contribution in [0.1, 0.15) is 0 Å². The van der Waals surface area contributed by atoms with Gasteiger partial charge in [0.05, 0.1) is 24.0 Å². The number of ether oxygens (including phenoxy) is 2. The molecule has 2 aromatic heterocycles. The van der Waals surface area contributed by atoms with Gasteiger partial charge in [0.15, 0.2) is 11.5 Å². The standard InChI is InChI=1S/C26H18ClN3O3/c1-32-26-13-18(23-15-21(29-30(23)16-31)17-5-3-2-4-6-17)7-10-25(26)33-24-11-12-28-22-14-19(27)8-9-20(22)24/h2-16H,1H3. The predicted molar refractivity (Wildman–Crippen MR) is 129 cm³/mol. The molecule has 162 valence electrons. The largest absolute Gasteiger partial charge is 0.493 e. The highest BCUT2D eigenvalue weighted by atomic mass is 35.5. The second-order valence-electron chi connectivity index (χ2n) is 7.27. The summed E-state index contributed by atoms with van der Waals surface area (Å²) in [6, 6.07) is 24.3. The van der Waals surface area contributed by atoms with E-state index in [-0.39, 0.29) is 0 Å². The number of hydrogen-bond acceptors (Lipinski definition) is 5. The van der Waals surface area contributed by atoms with E-state index < -0.39 is 0 Å². The number of pyridine rings is 1. The Morgan fingerprint density at radius 3 is 2.52 bits per heavy atom. The van der Waals surface area contributed by atoms with Crippen LogP contribution in [0.3, 0.4) is 0 Å². The molecular formula is C26H18ClN3O3. The van der Waals surface area contributed by atoms with E-state index in [4.69, 9.17) is 21.1 Å². The van der Waals surface area contributed by atoms with Gasteiger partial charge in [-0.1, -0.05) is 41.9 Å². The number of benzene rings is 3. The van der Waals surface area contributed by atoms with Crippen LogP contribution in [-0.2, 0) is 4.79 Å². The number of halogens is 1. The molecule has 0 bridgehead atoms. The molecule has 0 aliphatic heterocycles. The van der Waals surface area contributed by atoms with Crippen LogP contribution in [-0.4, -0.2) is 28.3 Å². The lowest BCUT2D eigenvalue weighted by atomic mass is 10.1. The topological polar surface area (TPSA) is 66.2 Å². The number of rotatable bonds is 6. The minimum Gasteiger partial charge on any atom is -0.493 e. The van der Waals surface area contributed by atoms with Crippen LogP contribution in [0, 0.1) is 0 Å². The van der Waals surface area contributed by atoms with Crippen LogP contribution in [0.5, 0.6) is 17.2 Å². The van der Waals surface area contributed by atoms with Gasteiger partial charge in [-0.3, -0.25) is 9.78 Å². The van der Waals surface area contributed by atoms with Gasteiger partial charge in [-0.25, -0.2) is 4.68 Å². The van der Waals surface area contributed by atoms with E-state index in [1.807, 2.05) is 54.6 Å². The van der Waals surface area contributed by atoms with Crippen molar-refractivity contribution in [3.63, 3.8) is 0 Å². The van der Waals surface area contributed by atoms with Crippen molar-refractivity contribution < 1.29 is 14.3 Å². The van der Waals surface area contributed by atoms with Gasteiger partial charge >= 0.3 is 0 Å². The van der Waals surface area contributed by atoms with Crippen LogP contribution in [0.15, 0.2) is 85.1 Å². The minimum absolute atomic E-state index is 0.520. The fourth-order valence-corrected chi connectivity index (χ4v) is 3.82. The average molecular weight is 456 g/mol. The van der Waals surface area contributed by atoms with E-state index >= 15 is 0 Å². The van der Waals surface area contributed by atoms with Crippen molar-refractivity contribution in [3.05, 3.63) is 90.1 Å². The van der Waals surface area contributed by atoms with E-state index in [0.29, 0.717) is 40.1 Å². The molecule has 0 aliphatic rings. The summed E-state index contributed by atoms with van der Waals surface area (Å²) in [4.78, 5) is 16.0. The lowest BCUT2D eigenvalue weighted by Crippen LogP contribution is -2.00. The van der Waals surface area contributed by atoms with Crippen LogP contribution >= 0.6 is 11.6 Å². The highest BCUT2D eigenvalue weighted by Crippen LogP contribution is 2.38. The zero-order valence-electron chi connectivity index (χ0n) is 17.6. The molecule has 0 spiro atoms. The zero-order valence-corrected chi connectivity index (χ0v) is 18.4. The molecule has 33 heavy (non-hydrogen) atoms. The summed E-state index contributed by atoms with van der Waals surface area (Å²) in [5, 5.41) is 5.86. The molecule has 6 nitrogen and oxygen atoms in total. The molecule has 0 saturated heterocycles. The SMILES string of the molecule is COc1cc(-c2cc(-c3ccccc3)nn2C=O)ccc1Oc1ccnc2cc(Cl)ccc12. The Hall–Kier alpha value is -4.16. The average Bonchev–Trinajstić information content (AvgIpc) is 3.29. The Morgan fingerprint density at radius 1 is 0.879 bits per heavy atom. The molecule has 5 rings (SSSR count). The highest BCUT2D eigenvalue weighted by Gasteiger charge is 2.15. The third-order valence-corrected chi connectivity index (χ3v) is 5.48. The summed E-state index contributed by atoms with van der Waals surface area (Å²) in [5.41, 5.74) is 3.79. The quantitative estimate of drug-likeness (QED) is 0.283. The van der Waals surface area contributed by atoms with E-state index in [1.54, 1.807) is 37.6 Å². The van der Waals surface area contributed by atoms with E-state index in [1.165, 1.54) is 4.68 Å².